The molecule has 2 atom stereocenters. The van der Waals surface area contributed by atoms with Crippen molar-refractivity contribution in [3.63, 3.8) is 0 Å². The average molecular weight is 277 g/mol. The second-order valence-electron chi connectivity index (χ2n) is 5.59. The van der Waals surface area contributed by atoms with Gasteiger partial charge in [-0.25, -0.2) is 0 Å². The third-order valence-electron chi connectivity index (χ3n) is 3.44. The van der Waals surface area contributed by atoms with E-state index < -0.39 is 11.9 Å². The average Bonchev–Trinajstić information content (AvgIpc) is 2.39. The smallest absolute Gasteiger partial charge is 0.308 e. The van der Waals surface area contributed by atoms with E-state index in [-0.39, 0.29) is 24.3 Å². The molecule has 4 heteroatoms. The lowest BCUT2D eigenvalue weighted by atomic mass is 9.87. The zero-order valence-corrected chi connectivity index (χ0v) is 12.5. The van der Waals surface area contributed by atoms with Crippen LogP contribution in [0.1, 0.15) is 32.3 Å². The summed E-state index contributed by atoms with van der Waals surface area (Å²) in [5, 5.41) is 8.94. The molecule has 0 aliphatic rings. The summed E-state index contributed by atoms with van der Waals surface area (Å²) in [7, 11) is 1.67. The Morgan fingerprint density at radius 1 is 1.15 bits per heavy atom. The van der Waals surface area contributed by atoms with Crippen molar-refractivity contribution in [3.8, 4) is 0 Å². The van der Waals surface area contributed by atoms with E-state index in [9.17, 15) is 9.59 Å². The molecule has 0 aliphatic carbocycles. The van der Waals surface area contributed by atoms with Crippen LogP contribution in [0.5, 0.6) is 0 Å². The number of nitrogens with zero attached hydrogens (tertiary/aromatic N) is 1. The molecule has 0 radical (unpaired) electrons. The van der Waals surface area contributed by atoms with Gasteiger partial charge in [0.2, 0.25) is 5.91 Å². The number of carbonyl (C=O) groups excluding carboxylic acids is 1. The Morgan fingerprint density at radius 3 is 2.15 bits per heavy atom. The molecule has 2 unspecified atom stereocenters. The van der Waals surface area contributed by atoms with Gasteiger partial charge in [-0.3, -0.25) is 9.59 Å². The SMILES string of the molecule is CC(CN(C)C(=O)C(c1ccccc1)C(C)C)C(=O)O. The van der Waals surface area contributed by atoms with Gasteiger partial charge in [0.25, 0.3) is 0 Å². The predicted molar refractivity (Wildman–Crippen MR) is 78.5 cm³/mol. The molecular weight excluding hydrogens is 254 g/mol. The summed E-state index contributed by atoms with van der Waals surface area (Å²) in [6, 6.07) is 9.63. The first-order valence-electron chi connectivity index (χ1n) is 6.87. The molecule has 0 heterocycles. The highest BCUT2D eigenvalue weighted by Gasteiger charge is 2.28. The molecule has 1 amide bonds. The van der Waals surface area contributed by atoms with Gasteiger partial charge in [0, 0.05) is 13.6 Å². The van der Waals surface area contributed by atoms with Crippen molar-refractivity contribution < 1.29 is 14.7 Å². The van der Waals surface area contributed by atoms with Crippen molar-refractivity contribution in [3.05, 3.63) is 35.9 Å². The standard InChI is InChI=1S/C16H23NO3/c1-11(2)14(13-8-6-5-7-9-13)15(18)17(4)10-12(3)16(19)20/h5-9,11-12,14H,10H2,1-4H3,(H,19,20). The number of rotatable bonds is 6. The molecule has 4 nitrogen and oxygen atoms in total. The van der Waals surface area contributed by atoms with Gasteiger partial charge in [0.1, 0.15) is 0 Å². The van der Waals surface area contributed by atoms with Crippen LogP contribution in [0.15, 0.2) is 30.3 Å². The molecule has 0 saturated carbocycles. The van der Waals surface area contributed by atoms with E-state index >= 15 is 0 Å². The number of carbonyl (C=O) groups is 2. The van der Waals surface area contributed by atoms with Crippen LogP contribution in [0.3, 0.4) is 0 Å². The molecule has 110 valence electrons. The molecule has 1 N–H and O–H groups in total. The number of benzene rings is 1. The van der Waals surface area contributed by atoms with E-state index in [1.54, 1.807) is 14.0 Å². The minimum atomic E-state index is -0.884. The molecule has 1 aromatic rings. The molecule has 0 aliphatic heterocycles. The van der Waals surface area contributed by atoms with Crippen LogP contribution in [0.2, 0.25) is 0 Å². The molecule has 1 aromatic carbocycles. The van der Waals surface area contributed by atoms with Crippen LogP contribution < -0.4 is 0 Å². The Kier molecular flexibility index (Phi) is 5.74. The van der Waals surface area contributed by atoms with Crippen LogP contribution in [-0.2, 0) is 9.59 Å². The fourth-order valence-corrected chi connectivity index (χ4v) is 2.29. The van der Waals surface area contributed by atoms with E-state index in [0.29, 0.717) is 0 Å². The predicted octanol–water partition coefficient (Wildman–Crippen LogP) is 2.61. The first-order chi connectivity index (χ1) is 9.34. The lowest BCUT2D eigenvalue weighted by molar-refractivity contribution is -0.143. The minimum absolute atomic E-state index is 0.0284. The number of likely N-dealkylation sites (N-methyl/N-ethyl adjacent to an activating group) is 1. The summed E-state index contributed by atoms with van der Waals surface area (Å²) in [6.07, 6.45) is 0. The third-order valence-corrected chi connectivity index (χ3v) is 3.44. The number of amides is 1. The molecule has 0 spiro atoms. The first-order valence-corrected chi connectivity index (χ1v) is 6.87. The Morgan fingerprint density at radius 2 is 1.70 bits per heavy atom. The van der Waals surface area contributed by atoms with Gasteiger partial charge in [-0.2, -0.15) is 0 Å². The van der Waals surface area contributed by atoms with E-state index in [0.717, 1.165) is 5.56 Å². The highest BCUT2D eigenvalue weighted by molar-refractivity contribution is 5.84. The van der Waals surface area contributed by atoms with Crippen LogP contribution in [0.4, 0.5) is 0 Å². The fourth-order valence-electron chi connectivity index (χ4n) is 2.29. The fraction of sp³-hybridized carbons (Fsp3) is 0.500. The van der Waals surface area contributed by atoms with Crippen molar-refractivity contribution in [2.24, 2.45) is 11.8 Å². The number of hydrogen-bond acceptors (Lipinski definition) is 2. The van der Waals surface area contributed by atoms with Gasteiger partial charge in [-0.15, -0.1) is 0 Å². The second kappa shape index (κ2) is 7.08. The molecule has 1 rings (SSSR count). The van der Waals surface area contributed by atoms with Crippen molar-refractivity contribution in [2.45, 2.75) is 26.7 Å². The Hall–Kier alpha value is -1.84. The van der Waals surface area contributed by atoms with Crippen LogP contribution >= 0.6 is 0 Å². The first kappa shape index (κ1) is 16.2. The van der Waals surface area contributed by atoms with Crippen LogP contribution in [0, 0.1) is 11.8 Å². The zero-order valence-electron chi connectivity index (χ0n) is 12.5. The summed E-state index contributed by atoms with van der Waals surface area (Å²) >= 11 is 0. The summed E-state index contributed by atoms with van der Waals surface area (Å²) < 4.78 is 0. The highest BCUT2D eigenvalue weighted by atomic mass is 16.4. The minimum Gasteiger partial charge on any atom is -0.481 e. The molecule has 0 saturated heterocycles. The van der Waals surface area contributed by atoms with E-state index in [1.165, 1.54) is 4.90 Å². The third kappa shape index (κ3) is 4.08. The zero-order chi connectivity index (χ0) is 15.3. The maximum atomic E-state index is 12.6. The maximum Gasteiger partial charge on any atom is 0.308 e. The maximum absolute atomic E-state index is 12.6. The number of carboxylic acid groups (broad SMARTS) is 1. The molecule has 0 fully saturated rings. The summed E-state index contributed by atoms with van der Waals surface area (Å²) in [5.74, 6) is -1.55. The quantitative estimate of drug-likeness (QED) is 0.869. The highest BCUT2D eigenvalue weighted by Crippen LogP contribution is 2.26. The lowest BCUT2D eigenvalue weighted by Gasteiger charge is -2.27. The Bertz CT molecular complexity index is 456. The molecule has 20 heavy (non-hydrogen) atoms. The lowest BCUT2D eigenvalue weighted by Crippen LogP contribution is -2.38. The summed E-state index contributed by atoms with van der Waals surface area (Å²) in [6.45, 7) is 5.84. The molecule has 0 bridgehead atoms. The van der Waals surface area contributed by atoms with Gasteiger partial charge in [-0.05, 0) is 11.5 Å². The van der Waals surface area contributed by atoms with Gasteiger partial charge >= 0.3 is 5.97 Å². The van der Waals surface area contributed by atoms with Crippen molar-refractivity contribution in [1.82, 2.24) is 4.90 Å². The Labute approximate surface area is 120 Å². The summed E-state index contributed by atoms with van der Waals surface area (Å²) in [5.41, 5.74) is 0.974. The van der Waals surface area contributed by atoms with Crippen molar-refractivity contribution in [2.75, 3.05) is 13.6 Å². The van der Waals surface area contributed by atoms with Crippen LogP contribution in [-0.4, -0.2) is 35.5 Å². The second-order valence-corrected chi connectivity index (χ2v) is 5.59. The number of aliphatic carboxylic acids is 1. The van der Waals surface area contributed by atoms with E-state index in [1.807, 2.05) is 44.2 Å². The largest absolute Gasteiger partial charge is 0.481 e. The topological polar surface area (TPSA) is 57.6 Å². The van der Waals surface area contributed by atoms with Gasteiger partial charge in [-0.1, -0.05) is 51.1 Å². The monoisotopic (exact) mass is 277 g/mol. The molecule has 0 aromatic heterocycles. The van der Waals surface area contributed by atoms with Crippen molar-refractivity contribution >= 4 is 11.9 Å². The van der Waals surface area contributed by atoms with Gasteiger partial charge < -0.3 is 10.0 Å². The van der Waals surface area contributed by atoms with Crippen LogP contribution in [0.25, 0.3) is 0 Å². The van der Waals surface area contributed by atoms with E-state index in [2.05, 4.69) is 0 Å². The number of carboxylic acids is 1. The normalized spacial score (nSPS) is 13.8. The Balaban J connectivity index is 2.88. The molecular formula is C16H23NO3. The van der Waals surface area contributed by atoms with Crippen molar-refractivity contribution in [1.29, 1.82) is 0 Å². The number of hydrogen-bond donors (Lipinski definition) is 1. The van der Waals surface area contributed by atoms with Gasteiger partial charge in [0.05, 0.1) is 11.8 Å². The van der Waals surface area contributed by atoms with E-state index in [4.69, 9.17) is 5.11 Å². The summed E-state index contributed by atoms with van der Waals surface area (Å²) in [4.78, 5) is 25.0. The van der Waals surface area contributed by atoms with Gasteiger partial charge in [0.15, 0.2) is 0 Å².